The Morgan fingerprint density at radius 3 is 2.86 bits per heavy atom. The van der Waals surface area contributed by atoms with E-state index in [4.69, 9.17) is 10.5 Å². The van der Waals surface area contributed by atoms with Crippen molar-refractivity contribution in [3.8, 4) is 0 Å². The van der Waals surface area contributed by atoms with Crippen LogP contribution < -0.4 is 11.1 Å². The molecule has 0 aromatic heterocycles. The maximum Gasteiger partial charge on any atom is 0.0661 e. The molecule has 3 N–H and O–H groups in total. The van der Waals surface area contributed by atoms with Gasteiger partial charge < -0.3 is 15.8 Å². The number of hydrogen-bond acceptors (Lipinski definition) is 3. The van der Waals surface area contributed by atoms with Crippen molar-refractivity contribution in [2.24, 2.45) is 11.7 Å². The molecule has 0 spiro atoms. The lowest BCUT2D eigenvalue weighted by Gasteiger charge is -2.31. The molecule has 0 aromatic rings. The second-order valence-electron chi connectivity index (χ2n) is 5.05. The van der Waals surface area contributed by atoms with Crippen molar-refractivity contribution in [3.05, 3.63) is 0 Å². The average Bonchev–Trinajstić information content (AvgIpc) is 2.77. The fourth-order valence-electron chi connectivity index (χ4n) is 2.71. The topological polar surface area (TPSA) is 47.3 Å². The summed E-state index contributed by atoms with van der Waals surface area (Å²) in [5.74, 6) is 0.879. The molecule has 14 heavy (non-hydrogen) atoms. The molecule has 1 heterocycles. The van der Waals surface area contributed by atoms with Gasteiger partial charge in [0.2, 0.25) is 0 Å². The quantitative estimate of drug-likeness (QED) is 0.708. The molecule has 2 aliphatic rings. The van der Waals surface area contributed by atoms with E-state index < -0.39 is 0 Å². The minimum absolute atomic E-state index is 0.0920. The summed E-state index contributed by atoms with van der Waals surface area (Å²) in [5, 5.41) is 3.72. The Hall–Kier alpha value is -0.120. The van der Waals surface area contributed by atoms with E-state index in [0.29, 0.717) is 12.6 Å². The van der Waals surface area contributed by atoms with Gasteiger partial charge in [-0.3, -0.25) is 0 Å². The van der Waals surface area contributed by atoms with E-state index in [9.17, 15) is 0 Å². The molecule has 0 radical (unpaired) electrons. The Bertz CT molecular complexity index is 190. The molecule has 82 valence electrons. The molecular weight excluding hydrogens is 176 g/mol. The zero-order valence-corrected chi connectivity index (χ0v) is 9.09. The first-order valence-corrected chi connectivity index (χ1v) is 5.80. The Balaban J connectivity index is 1.88. The first kappa shape index (κ1) is 10.4. The summed E-state index contributed by atoms with van der Waals surface area (Å²) in [6, 6.07) is 0.676. The summed E-state index contributed by atoms with van der Waals surface area (Å²) in [5.41, 5.74) is 5.93. The molecule has 1 saturated heterocycles. The zero-order valence-electron chi connectivity index (χ0n) is 9.09. The molecule has 0 amide bonds. The zero-order chi connectivity index (χ0) is 10.0. The predicted molar refractivity (Wildman–Crippen MR) is 57.2 cm³/mol. The number of nitrogens with one attached hydrogen (secondary N) is 1. The number of ether oxygens (including phenoxy) is 1. The Kier molecular flexibility index (Phi) is 3.10. The summed E-state index contributed by atoms with van der Waals surface area (Å²) in [7, 11) is 0. The van der Waals surface area contributed by atoms with E-state index in [2.05, 4.69) is 12.2 Å². The lowest BCUT2D eigenvalue weighted by molar-refractivity contribution is 0.162. The van der Waals surface area contributed by atoms with Crippen molar-refractivity contribution in [2.75, 3.05) is 19.8 Å². The highest BCUT2D eigenvalue weighted by molar-refractivity contribution is 4.96. The van der Waals surface area contributed by atoms with E-state index in [1.807, 2.05) is 0 Å². The second-order valence-corrected chi connectivity index (χ2v) is 5.05. The third kappa shape index (κ3) is 2.10. The molecule has 3 nitrogen and oxygen atoms in total. The third-order valence-corrected chi connectivity index (χ3v) is 3.70. The van der Waals surface area contributed by atoms with Crippen LogP contribution in [-0.4, -0.2) is 31.3 Å². The van der Waals surface area contributed by atoms with Crippen LogP contribution in [0.25, 0.3) is 0 Å². The van der Waals surface area contributed by atoms with Crippen LogP contribution in [0.1, 0.15) is 32.6 Å². The monoisotopic (exact) mass is 198 g/mol. The SMILES string of the molecule is CC1CCC(NC2(CN)CCOC2)C1. The molecule has 2 rings (SSSR count). The molecule has 1 saturated carbocycles. The molecule has 1 aliphatic heterocycles. The summed E-state index contributed by atoms with van der Waals surface area (Å²) < 4.78 is 5.45. The van der Waals surface area contributed by atoms with E-state index in [-0.39, 0.29) is 5.54 Å². The molecule has 2 fully saturated rings. The van der Waals surface area contributed by atoms with Gasteiger partial charge in [0.15, 0.2) is 0 Å². The van der Waals surface area contributed by atoms with Crippen LogP contribution in [0.5, 0.6) is 0 Å². The van der Waals surface area contributed by atoms with Gasteiger partial charge in [-0.2, -0.15) is 0 Å². The highest BCUT2D eigenvalue weighted by Gasteiger charge is 2.36. The largest absolute Gasteiger partial charge is 0.379 e. The van der Waals surface area contributed by atoms with Crippen LogP contribution >= 0.6 is 0 Å². The van der Waals surface area contributed by atoms with E-state index in [0.717, 1.165) is 25.6 Å². The van der Waals surface area contributed by atoms with Crippen LogP contribution in [0.4, 0.5) is 0 Å². The van der Waals surface area contributed by atoms with E-state index in [1.165, 1.54) is 19.3 Å². The molecule has 0 aromatic carbocycles. The van der Waals surface area contributed by atoms with E-state index in [1.54, 1.807) is 0 Å². The molecule has 3 heteroatoms. The van der Waals surface area contributed by atoms with E-state index >= 15 is 0 Å². The smallest absolute Gasteiger partial charge is 0.0661 e. The van der Waals surface area contributed by atoms with Gasteiger partial charge in [0, 0.05) is 19.2 Å². The van der Waals surface area contributed by atoms with Crippen LogP contribution in [0.2, 0.25) is 0 Å². The molecule has 1 aliphatic carbocycles. The summed E-state index contributed by atoms with van der Waals surface area (Å²) in [4.78, 5) is 0. The van der Waals surface area contributed by atoms with Gasteiger partial charge >= 0.3 is 0 Å². The second kappa shape index (κ2) is 4.17. The van der Waals surface area contributed by atoms with Gasteiger partial charge in [-0.25, -0.2) is 0 Å². The van der Waals surface area contributed by atoms with Crippen molar-refractivity contribution in [1.29, 1.82) is 0 Å². The lowest BCUT2D eigenvalue weighted by Crippen LogP contribution is -2.55. The standard InChI is InChI=1S/C11H22N2O/c1-9-2-3-10(6-9)13-11(7-12)4-5-14-8-11/h9-10,13H,2-8,12H2,1H3. The Morgan fingerprint density at radius 2 is 2.36 bits per heavy atom. The minimum Gasteiger partial charge on any atom is -0.379 e. The third-order valence-electron chi connectivity index (χ3n) is 3.70. The summed E-state index contributed by atoms with van der Waals surface area (Å²) in [6.45, 7) is 4.71. The van der Waals surface area contributed by atoms with Crippen molar-refractivity contribution in [1.82, 2.24) is 5.32 Å². The predicted octanol–water partition coefficient (Wildman–Crippen LogP) is 0.882. The first-order chi connectivity index (χ1) is 6.74. The number of rotatable bonds is 3. The summed E-state index contributed by atoms with van der Waals surface area (Å²) in [6.07, 6.45) is 5.05. The van der Waals surface area contributed by atoms with Gasteiger partial charge in [0.1, 0.15) is 0 Å². The normalized spacial score (nSPS) is 43.3. The van der Waals surface area contributed by atoms with Crippen molar-refractivity contribution < 1.29 is 4.74 Å². The highest BCUT2D eigenvalue weighted by Crippen LogP contribution is 2.28. The van der Waals surface area contributed by atoms with Gasteiger partial charge in [0.25, 0.3) is 0 Å². The number of hydrogen-bond donors (Lipinski definition) is 2. The molecule has 3 unspecified atom stereocenters. The van der Waals surface area contributed by atoms with Crippen LogP contribution in [0.15, 0.2) is 0 Å². The first-order valence-electron chi connectivity index (χ1n) is 5.80. The van der Waals surface area contributed by atoms with Gasteiger partial charge in [-0.1, -0.05) is 6.92 Å². The van der Waals surface area contributed by atoms with Crippen molar-refractivity contribution in [3.63, 3.8) is 0 Å². The summed E-state index contributed by atoms with van der Waals surface area (Å²) >= 11 is 0. The molecular formula is C11H22N2O. The minimum atomic E-state index is 0.0920. The maximum absolute atomic E-state index is 5.84. The van der Waals surface area contributed by atoms with Crippen molar-refractivity contribution >= 4 is 0 Å². The van der Waals surface area contributed by atoms with Crippen molar-refractivity contribution in [2.45, 2.75) is 44.2 Å². The maximum atomic E-state index is 5.84. The van der Waals surface area contributed by atoms with Gasteiger partial charge in [-0.15, -0.1) is 0 Å². The Morgan fingerprint density at radius 1 is 1.50 bits per heavy atom. The fraction of sp³-hybridized carbons (Fsp3) is 1.00. The average molecular weight is 198 g/mol. The number of nitrogens with two attached hydrogens (primary N) is 1. The van der Waals surface area contributed by atoms with Crippen LogP contribution in [0, 0.1) is 5.92 Å². The Labute approximate surface area is 86.4 Å². The highest BCUT2D eigenvalue weighted by atomic mass is 16.5. The van der Waals surface area contributed by atoms with Gasteiger partial charge in [-0.05, 0) is 31.6 Å². The molecule has 3 atom stereocenters. The molecule has 0 bridgehead atoms. The van der Waals surface area contributed by atoms with Crippen LogP contribution in [-0.2, 0) is 4.74 Å². The van der Waals surface area contributed by atoms with Gasteiger partial charge in [0.05, 0.1) is 12.1 Å². The van der Waals surface area contributed by atoms with Crippen LogP contribution in [0.3, 0.4) is 0 Å². The fourth-order valence-corrected chi connectivity index (χ4v) is 2.71. The lowest BCUT2D eigenvalue weighted by atomic mass is 9.97.